The van der Waals surface area contributed by atoms with Crippen molar-refractivity contribution in [3.63, 3.8) is 0 Å². The van der Waals surface area contributed by atoms with E-state index in [9.17, 15) is 4.79 Å². The van der Waals surface area contributed by atoms with Crippen LogP contribution < -0.4 is 5.73 Å². The topological polar surface area (TPSA) is 55.6 Å². The first kappa shape index (κ1) is 12.8. The number of carbonyl (C=O) groups excluding carboxylic acids is 1. The first-order valence-corrected chi connectivity index (χ1v) is 6.88. The number of nitrogens with zero attached hydrogens (tertiary/aromatic N) is 1. The summed E-state index contributed by atoms with van der Waals surface area (Å²) in [6, 6.07) is 0.226. The Kier molecular flexibility index (Phi) is 4.40. The van der Waals surface area contributed by atoms with Gasteiger partial charge in [-0.05, 0) is 32.6 Å². The molecule has 2 aliphatic rings. The summed E-state index contributed by atoms with van der Waals surface area (Å²) in [5.74, 6) is 0.173. The maximum atomic E-state index is 12.4. The second-order valence-electron chi connectivity index (χ2n) is 5.28. The van der Waals surface area contributed by atoms with Gasteiger partial charge in [0.05, 0.1) is 6.10 Å². The van der Waals surface area contributed by atoms with Crippen molar-refractivity contribution in [1.29, 1.82) is 0 Å². The Bertz CT molecular complexity index is 270. The minimum Gasteiger partial charge on any atom is -0.365 e. The molecule has 2 heterocycles. The highest BCUT2D eigenvalue weighted by Crippen LogP contribution is 2.24. The average molecular weight is 240 g/mol. The Hall–Kier alpha value is -0.610. The third-order valence-electron chi connectivity index (χ3n) is 3.94. The summed E-state index contributed by atoms with van der Waals surface area (Å²) in [6.45, 7) is 3.47. The molecule has 4 heteroatoms. The van der Waals surface area contributed by atoms with Gasteiger partial charge in [-0.2, -0.15) is 0 Å². The van der Waals surface area contributed by atoms with E-state index in [-0.39, 0.29) is 24.2 Å². The Morgan fingerprint density at radius 3 is 2.76 bits per heavy atom. The lowest BCUT2D eigenvalue weighted by atomic mass is 10.1. The van der Waals surface area contributed by atoms with Crippen LogP contribution >= 0.6 is 0 Å². The van der Waals surface area contributed by atoms with Crippen molar-refractivity contribution < 1.29 is 9.53 Å². The van der Waals surface area contributed by atoms with Crippen molar-refractivity contribution >= 4 is 5.91 Å². The number of hydrogen-bond donors (Lipinski definition) is 1. The highest BCUT2D eigenvalue weighted by molar-refractivity contribution is 5.81. The first-order valence-electron chi connectivity index (χ1n) is 6.88. The van der Waals surface area contributed by atoms with Crippen LogP contribution in [-0.4, -0.2) is 42.1 Å². The van der Waals surface area contributed by atoms with Crippen LogP contribution in [0.4, 0.5) is 0 Å². The summed E-state index contributed by atoms with van der Waals surface area (Å²) in [4.78, 5) is 14.4. The second kappa shape index (κ2) is 5.83. The van der Waals surface area contributed by atoms with Gasteiger partial charge in [-0.1, -0.05) is 12.8 Å². The minimum atomic E-state index is -0.211. The molecule has 0 aromatic carbocycles. The third-order valence-corrected chi connectivity index (χ3v) is 3.94. The number of rotatable bonds is 2. The molecule has 3 atom stereocenters. The standard InChI is InChI=1S/C13H24N2O2/c1-10-6-7-12(17-10)13(16)15-8-4-2-3-5-11(15)9-14/h10-12H,2-9,14H2,1H3. The number of hydrogen-bond acceptors (Lipinski definition) is 3. The van der Waals surface area contributed by atoms with Crippen LogP contribution in [0.1, 0.15) is 45.4 Å². The predicted molar refractivity (Wildman–Crippen MR) is 66.6 cm³/mol. The molecular formula is C13H24N2O2. The van der Waals surface area contributed by atoms with Crippen LogP contribution in [0.2, 0.25) is 0 Å². The van der Waals surface area contributed by atoms with E-state index >= 15 is 0 Å². The van der Waals surface area contributed by atoms with Gasteiger partial charge in [0.15, 0.2) is 0 Å². The fraction of sp³-hybridized carbons (Fsp3) is 0.923. The number of carbonyl (C=O) groups is 1. The van der Waals surface area contributed by atoms with E-state index in [0.29, 0.717) is 6.54 Å². The zero-order valence-electron chi connectivity index (χ0n) is 10.7. The molecule has 3 unspecified atom stereocenters. The van der Waals surface area contributed by atoms with Gasteiger partial charge in [0.1, 0.15) is 6.10 Å². The van der Waals surface area contributed by atoms with E-state index < -0.39 is 0 Å². The van der Waals surface area contributed by atoms with Gasteiger partial charge in [0, 0.05) is 19.1 Å². The van der Waals surface area contributed by atoms with Crippen LogP contribution in [-0.2, 0) is 9.53 Å². The Morgan fingerprint density at radius 2 is 2.12 bits per heavy atom. The zero-order chi connectivity index (χ0) is 12.3. The van der Waals surface area contributed by atoms with Crippen molar-refractivity contribution in [3.05, 3.63) is 0 Å². The van der Waals surface area contributed by atoms with Gasteiger partial charge in [0.25, 0.3) is 5.91 Å². The van der Waals surface area contributed by atoms with E-state index in [4.69, 9.17) is 10.5 Å². The van der Waals surface area contributed by atoms with Crippen LogP contribution in [0, 0.1) is 0 Å². The molecule has 0 spiro atoms. The summed E-state index contributed by atoms with van der Waals surface area (Å²) in [5, 5.41) is 0. The van der Waals surface area contributed by atoms with Crippen molar-refractivity contribution in [2.45, 2.75) is 63.7 Å². The normalized spacial score (nSPS) is 34.7. The molecule has 2 N–H and O–H groups in total. The molecule has 4 nitrogen and oxygen atoms in total. The summed E-state index contributed by atoms with van der Waals surface area (Å²) < 4.78 is 5.68. The highest BCUT2D eigenvalue weighted by atomic mass is 16.5. The molecule has 2 saturated heterocycles. The monoisotopic (exact) mass is 240 g/mol. The van der Waals surface area contributed by atoms with Gasteiger partial charge in [-0.3, -0.25) is 4.79 Å². The maximum Gasteiger partial charge on any atom is 0.252 e. The predicted octanol–water partition coefficient (Wildman–Crippen LogP) is 1.28. The van der Waals surface area contributed by atoms with E-state index in [1.54, 1.807) is 0 Å². The molecule has 2 fully saturated rings. The van der Waals surface area contributed by atoms with E-state index in [1.807, 2.05) is 11.8 Å². The maximum absolute atomic E-state index is 12.4. The summed E-state index contributed by atoms with van der Waals surface area (Å²) >= 11 is 0. The summed E-state index contributed by atoms with van der Waals surface area (Å²) in [7, 11) is 0. The van der Waals surface area contributed by atoms with E-state index in [1.165, 1.54) is 12.8 Å². The molecule has 2 rings (SSSR count). The molecule has 2 aliphatic heterocycles. The minimum absolute atomic E-state index is 0.173. The molecule has 98 valence electrons. The Balaban J connectivity index is 2.00. The quantitative estimate of drug-likeness (QED) is 0.791. The second-order valence-corrected chi connectivity index (χ2v) is 5.28. The first-order chi connectivity index (χ1) is 8.22. The van der Waals surface area contributed by atoms with Gasteiger partial charge in [-0.15, -0.1) is 0 Å². The molecule has 0 radical (unpaired) electrons. The number of amides is 1. The van der Waals surface area contributed by atoms with Crippen LogP contribution in [0.25, 0.3) is 0 Å². The fourth-order valence-electron chi connectivity index (χ4n) is 2.88. The Labute approximate surface area is 103 Å². The number of likely N-dealkylation sites (tertiary alicyclic amines) is 1. The van der Waals surface area contributed by atoms with Gasteiger partial charge in [0.2, 0.25) is 0 Å². The van der Waals surface area contributed by atoms with Gasteiger partial charge in [-0.25, -0.2) is 0 Å². The van der Waals surface area contributed by atoms with Gasteiger partial charge >= 0.3 is 0 Å². The molecule has 0 bridgehead atoms. The third kappa shape index (κ3) is 2.99. The van der Waals surface area contributed by atoms with Crippen LogP contribution in [0.3, 0.4) is 0 Å². The largest absolute Gasteiger partial charge is 0.365 e. The molecular weight excluding hydrogens is 216 g/mol. The summed E-state index contributed by atoms with van der Waals surface area (Å²) in [6.07, 6.45) is 6.43. The van der Waals surface area contributed by atoms with E-state index in [0.717, 1.165) is 32.2 Å². The molecule has 1 amide bonds. The van der Waals surface area contributed by atoms with Crippen LogP contribution in [0.5, 0.6) is 0 Å². The van der Waals surface area contributed by atoms with Crippen molar-refractivity contribution in [2.24, 2.45) is 5.73 Å². The molecule has 0 saturated carbocycles. The number of ether oxygens (including phenoxy) is 1. The van der Waals surface area contributed by atoms with E-state index in [2.05, 4.69) is 0 Å². The molecule has 0 aromatic rings. The number of nitrogens with two attached hydrogens (primary N) is 1. The van der Waals surface area contributed by atoms with Crippen molar-refractivity contribution in [1.82, 2.24) is 4.90 Å². The lowest BCUT2D eigenvalue weighted by Gasteiger charge is -2.31. The smallest absolute Gasteiger partial charge is 0.252 e. The summed E-state index contributed by atoms with van der Waals surface area (Å²) in [5.41, 5.74) is 5.79. The van der Waals surface area contributed by atoms with Gasteiger partial charge < -0.3 is 15.4 Å². The van der Waals surface area contributed by atoms with Crippen molar-refractivity contribution in [2.75, 3.05) is 13.1 Å². The lowest BCUT2D eigenvalue weighted by Crippen LogP contribution is -2.48. The molecule has 0 aliphatic carbocycles. The average Bonchev–Trinajstić information content (AvgIpc) is 2.64. The highest BCUT2D eigenvalue weighted by Gasteiger charge is 2.34. The SMILES string of the molecule is CC1CCC(C(=O)N2CCCCCC2CN)O1. The molecule has 17 heavy (non-hydrogen) atoms. The zero-order valence-corrected chi connectivity index (χ0v) is 10.7. The van der Waals surface area contributed by atoms with Crippen LogP contribution in [0.15, 0.2) is 0 Å². The molecule has 0 aromatic heterocycles. The lowest BCUT2D eigenvalue weighted by molar-refractivity contribution is -0.144. The van der Waals surface area contributed by atoms with Crippen molar-refractivity contribution in [3.8, 4) is 0 Å². The fourth-order valence-corrected chi connectivity index (χ4v) is 2.88. The Morgan fingerprint density at radius 1 is 1.29 bits per heavy atom.